The van der Waals surface area contributed by atoms with Crippen molar-refractivity contribution in [3.05, 3.63) is 24.3 Å². The summed E-state index contributed by atoms with van der Waals surface area (Å²) in [5.41, 5.74) is 0. The van der Waals surface area contributed by atoms with E-state index in [1.54, 1.807) is 21.1 Å². The molecular weight excluding hydrogens is 606 g/mol. The second-order valence-electron chi connectivity index (χ2n) is 14.2. The van der Waals surface area contributed by atoms with Gasteiger partial charge in [-0.3, -0.25) is 9.59 Å². The van der Waals surface area contributed by atoms with Crippen LogP contribution in [0.3, 0.4) is 0 Å². The molecule has 0 aliphatic heterocycles. The van der Waals surface area contributed by atoms with Crippen LogP contribution in [0.5, 0.6) is 0 Å². The summed E-state index contributed by atoms with van der Waals surface area (Å²) in [6.07, 6.45) is 32.0. The number of carbonyl (C=O) groups is 3. The van der Waals surface area contributed by atoms with E-state index in [1.807, 2.05) is 0 Å². The third-order valence-corrected chi connectivity index (χ3v) is 8.56. The first-order valence-corrected chi connectivity index (χ1v) is 19.4. The van der Waals surface area contributed by atoms with Gasteiger partial charge in [-0.25, -0.2) is 0 Å². The highest BCUT2D eigenvalue weighted by molar-refractivity contribution is 5.70. The Hall–Kier alpha value is -2.19. The van der Waals surface area contributed by atoms with Gasteiger partial charge in [0, 0.05) is 19.3 Å². The summed E-state index contributed by atoms with van der Waals surface area (Å²) >= 11 is 0. The number of carboxylic acid groups (broad SMARTS) is 1. The average Bonchev–Trinajstić information content (AvgIpc) is 3.03. The SMILES string of the molecule is CCCC/C=C/CCCCCCC(=O)OC(COCCC(C(=O)[O-])[N+](C)(C)C)COC(=O)CCCCC/C=C/CCCCCCCCC. The molecular formula is C40H73NO7. The molecule has 280 valence electrons. The first-order chi connectivity index (χ1) is 23.1. The number of hydrogen-bond donors (Lipinski definition) is 0. The maximum Gasteiger partial charge on any atom is 0.306 e. The number of rotatable bonds is 34. The molecule has 0 heterocycles. The molecule has 0 bridgehead atoms. The van der Waals surface area contributed by atoms with Crippen LogP contribution in [0.25, 0.3) is 0 Å². The second-order valence-corrected chi connectivity index (χ2v) is 14.2. The van der Waals surface area contributed by atoms with Gasteiger partial charge in [0.15, 0.2) is 6.10 Å². The van der Waals surface area contributed by atoms with Crippen LogP contribution in [-0.4, -0.2) is 75.5 Å². The van der Waals surface area contributed by atoms with Crippen molar-refractivity contribution in [2.75, 3.05) is 41.0 Å². The molecule has 8 heteroatoms. The highest BCUT2D eigenvalue weighted by atomic mass is 16.6. The molecule has 0 fully saturated rings. The third kappa shape index (κ3) is 29.9. The summed E-state index contributed by atoms with van der Waals surface area (Å²) in [4.78, 5) is 36.6. The monoisotopic (exact) mass is 680 g/mol. The molecule has 0 spiro atoms. The lowest BCUT2D eigenvalue weighted by Crippen LogP contribution is -2.55. The molecule has 0 amide bonds. The molecule has 0 saturated heterocycles. The summed E-state index contributed by atoms with van der Waals surface area (Å²) < 4.78 is 17.0. The van der Waals surface area contributed by atoms with Crippen molar-refractivity contribution >= 4 is 17.9 Å². The van der Waals surface area contributed by atoms with Crippen molar-refractivity contribution in [1.29, 1.82) is 0 Å². The maximum atomic E-state index is 12.6. The molecule has 0 aliphatic rings. The van der Waals surface area contributed by atoms with E-state index in [2.05, 4.69) is 38.2 Å². The smallest absolute Gasteiger partial charge is 0.306 e. The Balaban J connectivity index is 4.43. The zero-order valence-electron chi connectivity index (χ0n) is 31.7. The van der Waals surface area contributed by atoms with Gasteiger partial charge in [-0.15, -0.1) is 0 Å². The van der Waals surface area contributed by atoms with Gasteiger partial charge in [-0.2, -0.15) is 0 Å². The van der Waals surface area contributed by atoms with Crippen molar-refractivity contribution in [2.24, 2.45) is 0 Å². The summed E-state index contributed by atoms with van der Waals surface area (Å²) in [7, 11) is 5.39. The number of quaternary nitrogens is 1. The molecule has 0 N–H and O–H groups in total. The van der Waals surface area contributed by atoms with Crippen LogP contribution in [0.2, 0.25) is 0 Å². The maximum absolute atomic E-state index is 12.6. The average molecular weight is 680 g/mol. The molecule has 2 atom stereocenters. The number of hydrogen-bond acceptors (Lipinski definition) is 7. The minimum absolute atomic E-state index is 0.0332. The van der Waals surface area contributed by atoms with Crippen LogP contribution in [0.4, 0.5) is 0 Å². The predicted octanol–water partition coefficient (Wildman–Crippen LogP) is 8.41. The molecule has 8 nitrogen and oxygen atoms in total. The molecule has 0 aromatic rings. The number of carbonyl (C=O) groups excluding carboxylic acids is 3. The van der Waals surface area contributed by atoms with Gasteiger partial charge in [0.1, 0.15) is 12.6 Å². The molecule has 48 heavy (non-hydrogen) atoms. The van der Waals surface area contributed by atoms with Crippen LogP contribution < -0.4 is 5.11 Å². The lowest BCUT2D eigenvalue weighted by molar-refractivity contribution is -0.889. The molecule has 0 rings (SSSR count). The van der Waals surface area contributed by atoms with Crippen LogP contribution >= 0.6 is 0 Å². The van der Waals surface area contributed by atoms with Crippen molar-refractivity contribution in [3.8, 4) is 0 Å². The minimum Gasteiger partial charge on any atom is -0.544 e. The fourth-order valence-corrected chi connectivity index (χ4v) is 5.46. The Morgan fingerprint density at radius 1 is 0.604 bits per heavy atom. The number of aliphatic carboxylic acids is 1. The number of nitrogens with zero attached hydrogens (tertiary/aromatic N) is 1. The zero-order valence-corrected chi connectivity index (χ0v) is 31.7. The molecule has 2 unspecified atom stereocenters. The first kappa shape index (κ1) is 45.8. The van der Waals surface area contributed by atoms with E-state index in [0.717, 1.165) is 70.6 Å². The van der Waals surface area contributed by atoms with Gasteiger partial charge in [-0.05, 0) is 57.8 Å². The fourth-order valence-electron chi connectivity index (χ4n) is 5.46. The number of unbranched alkanes of at least 4 members (excludes halogenated alkanes) is 16. The van der Waals surface area contributed by atoms with E-state index < -0.39 is 18.1 Å². The Bertz CT molecular complexity index is 849. The topological polar surface area (TPSA) is 102 Å². The first-order valence-electron chi connectivity index (χ1n) is 19.4. The largest absolute Gasteiger partial charge is 0.544 e. The van der Waals surface area contributed by atoms with Crippen molar-refractivity contribution < 1.29 is 38.2 Å². The van der Waals surface area contributed by atoms with E-state index in [9.17, 15) is 19.5 Å². The van der Waals surface area contributed by atoms with Gasteiger partial charge in [-0.1, -0.05) is 109 Å². The Morgan fingerprint density at radius 2 is 1.06 bits per heavy atom. The summed E-state index contributed by atoms with van der Waals surface area (Å²) in [5, 5.41) is 11.6. The van der Waals surface area contributed by atoms with E-state index in [0.29, 0.717) is 12.8 Å². The number of allylic oxidation sites excluding steroid dienone is 4. The Kier molecular flexibility index (Phi) is 30.6. The van der Waals surface area contributed by atoms with Crippen molar-refractivity contribution in [3.63, 3.8) is 0 Å². The number of likely N-dealkylation sites (N-methyl/N-ethyl adjacent to an activating group) is 1. The normalized spacial score (nSPS) is 13.3. The lowest BCUT2D eigenvalue weighted by atomic mass is 10.1. The Labute approximate surface area is 294 Å². The number of carboxylic acids is 1. The van der Waals surface area contributed by atoms with E-state index in [-0.39, 0.29) is 42.7 Å². The highest BCUT2D eigenvalue weighted by Gasteiger charge is 2.25. The lowest BCUT2D eigenvalue weighted by Gasteiger charge is -2.34. The van der Waals surface area contributed by atoms with Crippen molar-refractivity contribution in [2.45, 2.75) is 174 Å². The third-order valence-electron chi connectivity index (χ3n) is 8.56. The van der Waals surface area contributed by atoms with E-state index >= 15 is 0 Å². The van der Waals surface area contributed by atoms with E-state index in [1.165, 1.54) is 57.8 Å². The molecule has 0 radical (unpaired) electrons. The standard InChI is InChI=1S/C40H73NO7/c1-6-8-10-12-14-16-18-19-20-21-23-24-26-28-30-38(42)47-35-36(34-46-33-32-37(40(44)45)41(3,4)5)48-39(43)31-29-27-25-22-17-15-13-11-9-7-2/h13,15,20-21,36-37H,6-12,14,16-19,22-35H2,1-5H3/b15-13+,21-20+. The molecule has 0 saturated carbocycles. The summed E-state index contributed by atoms with van der Waals surface area (Å²) in [5.74, 6) is -1.77. The number of esters is 2. The molecule has 0 aromatic carbocycles. The van der Waals surface area contributed by atoms with Gasteiger partial charge in [0.05, 0.1) is 40.3 Å². The quantitative estimate of drug-likeness (QED) is 0.0291. The summed E-state index contributed by atoms with van der Waals surface area (Å²) in [6.45, 7) is 4.57. The minimum atomic E-state index is -1.13. The van der Waals surface area contributed by atoms with Crippen LogP contribution in [0.1, 0.15) is 162 Å². The van der Waals surface area contributed by atoms with Gasteiger partial charge < -0.3 is 28.6 Å². The van der Waals surface area contributed by atoms with Crippen molar-refractivity contribution in [1.82, 2.24) is 0 Å². The zero-order chi connectivity index (χ0) is 35.7. The number of ether oxygens (including phenoxy) is 3. The molecule has 0 aromatic heterocycles. The van der Waals surface area contributed by atoms with E-state index in [4.69, 9.17) is 14.2 Å². The Morgan fingerprint density at radius 3 is 1.58 bits per heavy atom. The fraction of sp³-hybridized carbons (Fsp3) is 0.825. The second kappa shape index (κ2) is 32.0. The van der Waals surface area contributed by atoms with Gasteiger partial charge in [0.25, 0.3) is 0 Å². The summed E-state index contributed by atoms with van der Waals surface area (Å²) in [6, 6.07) is -0.726. The molecule has 0 aliphatic carbocycles. The van der Waals surface area contributed by atoms with Crippen LogP contribution in [-0.2, 0) is 28.6 Å². The van der Waals surface area contributed by atoms with Crippen LogP contribution in [0, 0.1) is 0 Å². The van der Waals surface area contributed by atoms with Gasteiger partial charge >= 0.3 is 11.9 Å². The highest BCUT2D eigenvalue weighted by Crippen LogP contribution is 2.12. The predicted molar refractivity (Wildman–Crippen MR) is 194 cm³/mol. The van der Waals surface area contributed by atoms with Gasteiger partial charge in [0.2, 0.25) is 0 Å². The van der Waals surface area contributed by atoms with Crippen LogP contribution in [0.15, 0.2) is 24.3 Å².